The maximum absolute atomic E-state index is 11.7. The van der Waals surface area contributed by atoms with Gasteiger partial charge in [0.05, 0.1) is 6.61 Å². The zero-order chi connectivity index (χ0) is 15.4. The van der Waals surface area contributed by atoms with Crippen molar-refractivity contribution in [3.63, 3.8) is 0 Å². The molecular formula is C18H25NO2. The number of ether oxygens (including phenoxy) is 1. The van der Waals surface area contributed by atoms with E-state index < -0.39 is 0 Å². The number of nitrogens with zero attached hydrogens (tertiary/aromatic N) is 1. The molecule has 0 N–H and O–H groups in total. The van der Waals surface area contributed by atoms with Crippen LogP contribution in [0.1, 0.15) is 45.2 Å². The second-order valence-corrected chi connectivity index (χ2v) is 5.83. The Labute approximate surface area is 127 Å². The molecule has 0 aliphatic carbocycles. The minimum Gasteiger partial charge on any atom is -0.463 e. The van der Waals surface area contributed by atoms with E-state index in [0.717, 1.165) is 18.5 Å². The SMILES string of the molecule is CCOC(=O)C(C)=Cc1ccc2c(c1)CCCN2C(C)C. The van der Waals surface area contributed by atoms with Gasteiger partial charge < -0.3 is 9.64 Å². The fraction of sp³-hybridized carbons (Fsp3) is 0.500. The highest BCUT2D eigenvalue weighted by Gasteiger charge is 2.19. The molecule has 21 heavy (non-hydrogen) atoms. The molecule has 1 heterocycles. The molecule has 1 aliphatic rings. The first-order valence-corrected chi connectivity index (χ1v) is 7.78. The van der Waals surface area contributed by atoms with Crippen molar-refractivity contribution in [3.05, 3.63) is 34.9 Å². The quantitative estimate of drug-likeness (QED) is 0.623. The number of aryl methyl sites for hydroxylation is 1. The van der Waals surface area contributed by atoms with Gasteiger partial charge in [0.1, 0.15) is 0 Å². The number of benzene rings is 1. The Hall–Kier alpha value is -1.77. The maximum atomic E-state index is 11.7. The molecule has 0 bridgehead atoms. The number of hydrogen-bond donors (Lipinski definition) is 0. The fourth-order valence-corrected chi connectivity index (χ4v) is 2.83. The van der Waals surface area contributed by atoms with E-state index in [4.69, 9.17) is 4.74 Å². The zero-order valence-corrected chi connectivity index (χ0v) is 13.5. The summed E-state index contributed by atoms with van der Waals surface area (Å²) in [4.78, 5) is 14.1. The summed E-state index contributed by atoms with van der Waals surface area (Å²) in [6.07, 6.45) is 4.21. The summed E-state index contributed by atoms with van der Waals surface area (Å²) in [5.74, 6) is -0.237. The van der Waals surface area contributed by atoms with Gasteiger partial charge in [-0.15, -0.1) is 0 Å². The summed E-state index contributed by atoms with van der Waals surface area (Å²) in [5.41, 5.74) is 4.43. The molecule has 0 spiro atoms. The number of hydrogen-bond acceptors (Lipinski definition) is 3. The third kappa shape index (κ3) is 3.66. The van der Waals surface area contributed by atoms with Crippen molar-refractivity contribution in [1.82, 2.24) is 0 Å². The van der Waals surface area contributed by atoms with Crippen LogP contribution in [0.5, 0.6) is 0 Å². The van der Waals surface area contributed by atoms with E-state index >= 15 is 0 Å². The highest BCUT2D eigenvalue weighted by atomic mass is 16.5. The molecule has 2 rings (SSSR count). The molecule has 3 heteroatoms. The Bertz CT molecular complexity index is 546. The highest BCUT2D eigenvalue weighted by Crippen LogP contribution is 2.30. The van der Waals surface area contributed by atoms with Gasteiger partial charge in [0, 0.05) is 23.8 Å². The Morgan fingerprint density at radius 1 is 1.43 bits per heavy atom. The Kier molecular flexibility index (Phi) is 5.05. The predicted molar refractivity (Wildman–Crippen MR) is 87.5 cm³/mol. The minimum atomic E-state index is -0.237. The van der Waals surface area contributed by atoms with Crippen LogP contribution in [0.3, 0.4) is 0 Å². The molecule has 0 aromatic heterocycles. The summed E-state index contributed by atoms with van der Waals surface area (Å²) >= 11 is 0. The van der Waals surface area contributed by atoms with Crippen molar-refractivity contribution < 1.29 is 9.53 Å². The smallest absolute Gasteiger partial charge is 0.333 e. The molecule has 1 aliphatic heterocycles. The number of carbonyl (C=O) groups excluding carboxylic acids is 1. The van der Waals surface area contributed by atoms with E-state index in [-0.39, 0.29) is 5.97 Å². The molecule has 1 aromatic carbocycles. The van der Waals surface area contributed by atoms with E-state index in [0.29, 0.717) is 18.2 Å². The van der Waals surface area contributed by atoms with Crippen LogP contribution in [0.2, 0.25) is 0 Å². The summed E-state index contributed by atoms with van der Waals surface area (Å²) in [7, 11) is 0. The molecule has 1 aromatic rings. The fourth-order valence-electron chi connectivity index (χ4n) is 2.83. The number of fused-ring (bicyclic) bond motifs is 1. The van der Waals surface area contributed by atoms with Crippen LogP contribution in [0.4, 0.5) is 5.69 Å². The van der Waals surface area contributed by atoms with Crippen LogP contribution in [-0.2, 0) is 16.0 Å². The molecule has 3 nitrogen and oxygen atoms in total. The van der Waals surface area contributed by atoms with Crippen LogP contribution in [0.25, 0.3) is 6.08 Å². The van der Waals surface area contributed by atoms with E-state index in [1.807, 2.05) is 13.0 Å². The normalized spacial score (nSPS) is 15.1. The lowest BCUT2D eigenvalue weighted by atomic mass is 9.97. The van der Waals surface area contributed by atoms with E-state index in [1.54, 1.807) is 6.92 Å². The number of esters is 1. The second-order valence-electron chi connectivity index (χ2n) is 5.83. The van der Waals surface area contributed by atoms with Gasteiger partial charge in [-0.2, -0.15) is 0 Å². The first kappa shape index (κ1) is 15.6. The summed E-state index contributed by atoms with van der Waals surface area (Å²) in [5, 5.41) is 0. The summed E-state index contributed by atoms with van der Waals surface area (Å²) in [6.45, 7) is 9.63. The standard InChI is InChI=1S/C18H25NO2/c1-5-21-18(20)14(4)11-15-8-9-17-16(12-15)7-6-10-19(17)13(2)3/h8-9,11-13H,5-7,10H2,1-4H3. The van der Waals surface area contributed by atoms with E-state index in [9.17, 15) is 4.79 Å². The Balaban J connectivity index is 2.25. The Morgan fingerprint density at radius 3 is 2.86 bits per heavy atom. The van der Waals surface area contributed by atoms with Crippen molar-refractivity contribution in [2.45, 2.75) is 46.6 Å². The average molecular weight is 287 g/mol. The van der Waals surface area contributed by atoms with Crippen LogP contribution in [0, 0.1) is 0 Å². The van der Waals surface area contributed by atoms with Crippen molar-refractivity contribution >= 4 is 17.7 Å². The lowest BCUT2D eigenvalue weighted by Crippen LogP contribution is -2.35. The Morgan fingerprint density at radius 2 is 2.19 bits per heavy atom. The highest BCUT2D eigenvalue weighted by molar-refractivity contribution is 5.93. The first-order valence-electron chi connectivity index (χ1n) is 7.78. The zero-order valence-electron chi connectivity index (χ0n) is 13.5. The van der Waals surface area contributed by atoms with Crippen LogP contribution >= 0.6 is 0 Å². The lowest BCUT2D eigenvalue weighted by Gasteiger charge is -2.34. The van der Waals surface area contributed by atoms with Crippen molar-refractivity contribution in [1.29, 1.82) is 0 Å². The van der Waals surface area contributed by atoms with E-state index in [2.05, 4.69) is 36.9 Å². The van der Waals surface area contributed by atoms with Gasteiger partial charge in [0.15, 0.2) is 0 Å². The molecule has 0 fully saturated rings. The third-order valence-electron chi connectivity index (χ3n) is 3.86. The summed E-state index contributed by atoms with van der Waals surface area (Å²) in [6, 6.07) is 6.99. The first-order chi connectivity index (χ1) is 10.0. The van der Waals surface area contributed by atoms with Gasteiger partial charge in [-0.1, -0.05) is 6.07 Å². The molecule has 0 saturated heterocycles. The largest absolute Gasteiger partial charge is 0.463 e. The average Bonchev–Trinajstić information content (AvgIpc) is 2.46. The monoisotopic (exact) mass is 287 g/mol. The molecule has 114 valence electrons. The van der Waals surface area contributed by atoms with Gasteiger partial charge in [0.25, 0.3) is 0 Å². The van der Waals surface area contributed by atoms with Gasteiger partial charge in [-0.3, -0.25) is 0 Å². The predicted octanol–water partition coefficient (Wildman–Crippen LogP) is 3.81. The topological polar surface area (TPSA) is 29.5 Å². The van der Waals surface area contributed by atoms with Crippen molar-refractivity contribution in [3.8, 4) is 0 Å². The number of anilines is 1. The van der Waals surface area contributed by atoms with Crippen LogP contribution < -0.4 is 4.90 Å². The van der Waals surface area contributed by atoms with Gasteiger partial charge >= 0.3 is 5.97 Å². The van der Waals surface area contributed by atoms with Gasteiger partial charge in [-0.05, 0) is 69.9 Å². The molecule has 0 unspecified atom stereocenters. The lowest BCUT2D eigenvalue weighted by molar-refractivity contribution is -0.138. The van der Waals surface area contributed by atoms with Gasteiger partial charge in [0.2, 0.25) is 0 Å². The molecule has 0 atom stereocenters. The maximum Gasteiger partial charge on any atom is 0.333 e. The number of rotatable bonds is 4. The van der Waals surface area contributed by atoms with Crippen molar-refractivity contribution in [2.75, 3.05) is 18.1 Å². The molecule has 0 saturated carbocycles. The number of carbonyl (C=O) groups is 1. The van der Waals surface area contributed by atoms with Crippen LogP contribution in [0.15, 0.2) is 23.8 Å². The van der Waals surface area contributed by atoms with Crippen LogP contribution in [-0.4, -0.2) is 25.2 Å². The van der Waals surface area contributed by atoms with Gasteiger partial charge in [-0.25, -0.2) is 4.79 Å². The minimum absolute atomic E-state index is 0.237. The molecule has 0 amide bonds. The van der Waals surface area contributed by atoms with Crippen molar-refractivity contribution in [2.24, 2.45) is 0 Å². The molecular weight excluding hydrogens is 262 g/mol. The second kappa shape index (κ2) is 6.79. The molecule has 0 radical (unpaired) electrons. The summed E-state index contributed by atoms with van der Waals surface area (Å²) < 4.78 is 5.02. The third-order valence-corrected chi connectivity index (χ3v) is 3.86. The van der Waals surface area contributed by atoms with E-state index in [1.165, 1.54) is 17.7 Å².